The Morgan fingerprint density at radius 1 is 0.754 bits per heavy atom. The number of aromatic nitrogens is 6. The fourth-order valence-corrected chi connectivity index (χ4v) is 9.55. The number of amides is 2. The fraction of sp³-hybridized carbons (Fsp3) is 0.200. The van der Waals surface area contributed by atoms with Gasteiger partial charge in [-0.3, -0.25) is 14.2 Å². The highest BCUT2D eigenvalue weighted by molar-refractivity contribution is 8.01. The summed E-state index contributed by atoms with van der Waals surface area (Å²) in [7, 11) is 3.83. The monoisotopic (exact) mass is 790 g/mol. The highest BCUT2D eigenvalue weighted by Gasteiger charge is 2.49. The van der Waals surface area contributed by atoms with E-state index in [2.05, 4.69) is 54.5 Å². The first kappa shape index (κ1) is 37.9. The average molecular weight is 791 g/mol. The van der Waals surface area contributed by atoms with E-state index < -0.39 is 4.75 Å². The van der Waals surface area contributed by atoms with Crippen LogP contribution in [0.5, 0.6) is 0 Å². The number of rotatable bonds is 13. The Labute approximate surface area is 340 Å². The molecule has 0 spiro atoms. The van der Waals surface area contributed by atoms with Crippen molar-refractivity contribution in [3.05, 3.63) is 157 Å². The zero-order valence-corrected chi connectivity index (χ0v) is 33.4. The Morgan fingerprint density at radius 2 is 1.37 bits per heavy atom. The van der Waals surface area contributed by atoms with Crippen molar-refractivity contribution >= 4 is 46.7 Å². The van der Waals surface area contributed by atoms with Gasteiger partial charge in [0, 0.05) is 36.6 Å². The molecule has 1 aliphatic rings. The lowest BCUT2D eigenvalue weighted by atomic mass is 9.94. The van der Waals surface area contributed by atoms with Gasteiger partial charge in [0.15, 0.2) is 22.0 Å². The molecule has 0 radical (unpaired) electrons. The van der Waals surface area contributed by atoms with E-state index in [1.165, 1.54) is 29.1 Å². The van der Waals surface area contributed by atoms with Crippen LogP contribution in [0.15, 0.2) is 156 Å². The number of para-hydroxylation sites is 2. The lowest BCUT2D eigenvalue weighted by Crippen LogP contribution is -2.44. The highest BCUT2D eigenvalue weighted by atomic mass is 32.2. The van der Waals surface area contributed by atoms with Crippen molar-refractivity contribution in [1.82, 2.24) is 29.5 Å². The molecule has 12 heteroatoms. The summed E-state index contributed by atoms with van der Waals surface area (Å²) < 4.78 is 3.31. The molecular formula is C45H42N8O2S2. The number of hydrogen-bond donors (Lipinski definition) is 1. The van der Waals surface area contributed by atoms with Gasteiger partial charge in [0.1, 0.15) is 4.75 Å². The second-order valence-corrected chi connectivity index (χ2v) is 16.5. The van der Waals surface area contributed by atoms with E-state index in [9.17, 15) is 9.59 Å². The molecule has 57 heavy (non-hydrogen) atoms. The van der Waals surface area contributed by atoms with Crippen molar-refractivity contribution < 1.29 is 9.59 Å². The second-order valence-electron chi connectivity index (χ2n) is 14.2. The maximum Gasteiger partial charge on any atom is 0.243 e. The fourth-order valence-electron chi connectivity index (χ4n) is 7.43. The maximum atomic E-state index is 14.7. The Bertz CT molecular complexity index is 2460. The molecule has 2 unspecified atom stereocenters. The first-order valence-corrected chi connectivity index (χ1v) is 20.7. The van der Waals surface area contributed by atoms with E-state index in [0.717, 1.165) is 46.1 Å². The summed E-state index contributed by atoms with van der Waals surface area (Å²) in [6.07, 6.45) is 2.17. The van der Waals surface area contributed by atoms with Gasteiger partial charge in [0.2, 0.25) is 11.8 Å². The number of anilines is 2. The molecule has 2 heterocycles. The molecule has 1 aliphatic carbocycles. The smallest absolute Gasteiger partial charge is 0.243 e. The van der Waals surface area contributed by atoms with Crippen LogP contribution < -0.4 is 10.2 Å². The first-order valence-electron chi connectivity index (χ1n) is 18.9. The molecule has 2 atom stereocenters. The minimum atomic E-state index is -0.765. The molecule has 0 bridgehead atoms. The van der Waals surface area contributed by atoms with Crippen molar-refractivity contribution in [2.45, 2.75) is 46.8 Å². The lowest BCUT2D eigenvalue weighted by molar-refractivity contribution is -0.120. The summed E-state index contributed by atoms with van der Waals surface area (Å²) >= 11 is 2.89. The molecule has 2 amide bonds. The Balaban J connectivity index is 1.06. The minimum Gasteiger partial charge on any atom is -0.325 e. The standard InChI is InChI=1S/C45H42N8O2S2/c1-51(38-24-13-6-14-25-38)42(55)45(57-43-49-47-40(52(43)2)33-17-7-3-8-18-33)27-26-36(29-45)35-21-15-16-32(28-35)30-53-41(34-19-9-4-10-20-34)48-50-44(53)56-31-39(54)46-37-22-11-5-12-23-37/h3-25,28,36H,26-27,29-31H2,1-2H3,(H,46,54). The van der Waals surface area contributed by atoms with Gasteiger partial charge in [-0.2, -0.15) is 0 Å². The van der Waals surface area contributed by atoms with E-state index in [1.54, 1.807) is 4.90 Å². The molecule has 5 aromatic carbocycles. The number of carbonyl (C=O) groups is 2. The van der Waals surface area contributed by atoms with Crippen LogP contribution in [0.1, 0.15) is 36.3 Å². The highest BCUT2D eigenvalue weighted by Crippen LogP contribution is 2.52. The van der Waals surface area contributed by atoms with Gasteiger partial charge < -0.3 is 14.8 Å². The molecule has 1 N–H and O–H groups in total. The molecule has 2 aromatic heterocycles. The molecule has 7 aromatic rings. The number of nitrogens with one attached hydrogen (secondary N) is 1. The number of carbonyl (C=O) groups excluding carboxylic acids is 2. The molecule has 10 nitrogen and oxygen atoms in total. The van der Waals surface area contributed by atoms with Gasteiger partial charge in [0.25, 0.3) is 0 Å². The van der Waals surface area contributed by atoms with Gasteiger partial charge >= 0.3 is 0 Å². The third kappa shape index (κ3) is 8.42. The molecule has 0 aliphatic heterocycles. The number of benzene rings is 5. The van der Waals surface area contributed by atoms with Gasteiger partial charge in [0.05, 0.1) is 12.3 Å². The van der Waals surface area contributed by atoms with Crippen molar-refractivity contribution in [3.8, 4) is 22.8 Å². The summed E-state index contributed by atoms with van der Waals surface area (Å²) in [5.41, 5.74) is 5.79. The molecule has 8 rings (SSSR count). The van der Waals surface area contributed by atoms with E-state index >= 15 is 0 Å². The molecule has 1 saturated carbocycles. The van der Waals surface area contributed by atoms with Crippen LogP contribution in [0.3, 0.4) is 0 Å². The third-order valence-electron chi connectivity index (χ3n) is 10.4. The third-order valence-corrected chi connectivity index (χ3v) is 12.8. The first-order chi connectivity index (χ1) is 27.9. The number of hydrogen-bond acceptors (Lipinski definition) is 8. The van der Waals surface area contributed by atoms with Crippen molar-refractivity contribution in [3.63, 3.8) is 0 Å². The SMILES string of the molecule is CN(C(=O)C1(Sc2nnc(-c3ccccc3)n2C)CCC(c2cccc(Cn3c(SCC(=O)Nc4ccccc4)nnc3-c3ccccc3)c2)C1)c1ccccc1. The second kappa shape index (κ2) is 17.0. The quantitative estimate of drug-likeness (QED) is 0.115. The van der Waals surface area contributed by atoms with Crippen LogP contribution in [-0.2, 0) is 23.2 Å². The Morgan fingerprint density at radius 3 is 2.07 bits per heavy atom. The van der Waals surface area contributed by atoms with Crippen molar-refractivity contribution in [2.24, 2.45) is 7.05 Å². The van der Waals surface area contributed by atoms with Crippen LogP contribution in [-0.4, -0.2) is 58.9 Å². The number of thioether (sulfide) groups is 2. The van der Waals surface area contributed by atoms with E-state index in [4.69, 9.17) is 0 Å². The van der Waals surface area contributed by atoms with Crippen LogP contribution >= 0.6 is 23.5 Å². The van der Waals surface area contributed by atoms with Crippen molar-refractivity contribution in [2.75, 3.05) is 23.0 Å². The lowest BCUT2D eigenvalue weighted by Gasteiger charge is -2.32. The van der Waals surface area contributed by atoms with Crippen LogP contribution in [0.2, 0.25) is 0 Å². The Hall–Kier alpha value is -5.98. The minimum absolute atomic E-state index is 0.0524. The van der Waals surface area contributed by atoms with Gasteiger partial charge in [-0.25, -0.2) is 0 Å². The van der Waals surface area contributed by atoms with E-state index in [0.29, 0.717) is 29.7 Å². The Kier molecular flexibility index (Phi) is 11.3. The van der Waals surface area contributed by atoms with E-state index in [-0.39, 0.29) is 23.5 Å². The topological polar surface area (TPSA) is 111 Å². The molecule has 0 saturated heterocycles. The van der Waals surface area contributed by atoms with Crippen LogP contribution in [0.25, 0.3) is 22.8 Å². The van der Waals surface area contributed by atoms with Gasteiger partial charge in [-0.15, -0.1) is 20.4 Å². The predicted octanol–water partition coefficient (Wildman–Crippen LogP) is 8.98. The van der Waals surface area contributed by atoms with Crippen molar-refractivity contribution in [1.29, 1.82) is 0 Å². The summed E-state index contributed by atoms with van der Waals surface area (Å²) in [6.45, 7) is 0.511. The van der Waals surface area contributed by atoms with Gasteiger partial charge in [-0.1, -0.05) is 145 Å². The normalized spacial score (nSPS) is 16.4. The van der Waals surface area contributed by atoms with Gasteiger partial charge in [-0.05, 0) is 60.6 Å². The summed E-state index contributed by atoms with van der Waals surface area (Å²) in [4.78, 5) is 29.4. The van der Waals surface area contributed by atoms with Crippen LogP contribution in [0, 0.1) is 0 Å². The predicted molar refractivity (Wildman–Crippen MR) is 228 cm³/mol. The molecular weight excluding hydrogens is 749 g/mol. The summed E-state index contributed by atoms with van der Waals surface area (Å²) in [6, 6.07) is 47.9. The van der Waals surface area contributed by atoms with Crippen LogP contribution in [0.4, 0.5) is 11.4 Å². The maximum absolute atomic E-state index is 14.7. The molecule has 286 valence electrons. The number of nitrogens with zero attached hydrogens (tertiary/aromatic N) is 7. The summed E-state index contributed by atoms with van der Waals surface area (Å²) in [5.74, 6) is 1.76. The zero-order valence-electron chi connectivity index (χ0n) is 31.7. The molecule has 1 fully saturated rings. The largest absolute Gasteiger partial charge is 0.325 e. The average Bonchev–Trinajstić information content (AvgIpc) is 3.98. The summed E-state index contributed by atoms with van der Waals surface area (Å²) in [5, 5.41) is 22.7. The van der Waals surface area contributed by atoms with E-state index in [1.807, 2.05) is 140 Å². The zero-order chi connectivity index (χ0) is 39.2.